The molecule has 246 valence electrons. The summed E-state index contributed by atoms with van der Waals surface area (Å²) in [6, 6.07) is 47.2. The number of fused-ring (bicyclic) bond motifs is 5. The van der Waals surface area contributed by atoms with Crippen LogP contribution in [0.3, 0.4) is 0 Å². The van der Waals surface area contributed by atoms with Gasteiger partial charge in [-0.3, -0.25) is 9.36 Å². The molecule has 6 aromatic carbocycles. The zero-order chi connectivity index (χ0) is 33.9. The van der Waals surface area contributed by atoms with Gasteiger partial charge in [0.1, 0.15) is 25.8 Å². The van der Waals surface area contributed by atoms with Gasteiger partial charge in [-0.2, -0.15) is 0 Å². The Morgan fingerprint density at radius 3 is 1.58 bits per heavy atom. The zero-order valence-corrected chi connectivity index (χ0v) is 27.5. The van der Waals surface area contributed by atoms with E-state index in [9.17, 15) is 0 Å². The Morgan fingerprint density at radius 2 is 1.06 bits per heavy atom. The lowest BCUT2D eigenvalue weighted by molar-refractivity contribution is -0.309. The van der Waals surface area contributed by atoms with Crippen LogP contribution in [-0.4, -0.2) is 42.6 Å². The van der Waals surface area contributed by atoms with Crippen molar-refractivity contribution in [1.82, 2.24) is 9.55 Å². The van der Waals surface area contributed by atoms with Crippen LogP contribution in [0.1, 0.15) is 15.9 Å². The molecule has 0 unspecified atom stereocenters. The molecule has 0 atom stereocenters. The minimum Gasteiger partial charge on any atom is -0.359 e. The van der Waals surface area contributed by atoms with Crippen LogP contribution in [0.2, 0.25) is 0 Å². The fourth-order valence-electron chi connectivity index (χ4n) is 6.86. The Labute approximate surface area is 290 Å². The van der Waals surface area contributed by atoms with Gasteiger partial charge in [0.2, 0.25) is 0 Å². The number of benzene rings is 6. The third-order valence-electron chi connectivity index (χ3n) is 8.93. The second kappa shape index (κ2) is 14.0. The minimum absolute atomic E-state index is 0.116. The summed E-state index contributed by atoms with van der Waals surface area (Å²) < 4.78 is 11.9. The van der Waals surface area contributed by atoms with Gasteiger partial charge >= 0.3 is 0 Å². The highest BCUT2D eigenvalue weighted by Gasteiger charge is 2.39. The van der Waals surface area contributed by atoms with Crippen LogP contribution in [0.25, 0.3) is 66.9 Å². The maximum atomic E-state index is 15.1. The van der Waals surface area contributed by atoms with Crippen LogP contribution in [0, 0.1) is 0 Å². The largest absolute Gasteiger partial charge is 0.359 e. The third kappa shape index (κ3) is 5.72. The normalized spacial score (nSPS) is 12.0. The first-order valence-electron chi connectivity index (χ1n) is 16.6. The van der Waals surface area contributed by atoms with Gasteiger partial charge < -0.3 is 9.47 Å². The third-order valence-corrected chi connectivity index (χ3v) is 8.93. The number of methoxy groups -OCH3 is 1. The molecule has 0 amide bonds. The van der Waals surface area contributed by atoms with Crippen molar-refractivity contribution in [2.45, 2.75) is 6.61 Å². The van der Waals surface area contributed by atoms with Gasteiger partial charge in [0.25, 0.3) is 5.91 Å². The molecule has 0 spiro atoms. The van der Waals surface area contributed by atoms with Crippen LogP contribution in [0.4, 0.5) is 0 Å². The van der Waals surface area contributed by atoms with Crippen molar-refractivity contribution >= 4 is 16.9 Å². The topological polar surface area (TPSA) is 71.8 Å². The van der Waals surface area contributed by atoms with Crippen molar-refractivity contribution in [3.05, 3.63) is 151 Å². The van der Waals surface area contributed by atoms with E-state index in [-0.39, 0.29) is 25.9 Å². The van der Waals surface area contributed by atoms with Gasteiger partial charge in [-0.05, 0) is 51.1 Å². The molecule has 7 aromatic rings. The van der Waals surface area contributed by atoms with E-state index in [0.717, 1.165) is 61.2 Å². The molecular weight excluding hydrogens is 624 g/mol. The number of ether oxygens (including phenoxy) is 2. The summed E-state index contributed by atoms with van der Waals surface area (Å²) in [5, 5.41) is 0. The van der Waals surface area contributed by atoms with E-state index in [1.165, 1.54) is 0 Å². The van der Waals surface area contributed by atoms with Gasteiger partial charge in [-0.25, -0.2) is 14.8 Å². The monoisotopic (exact) mass is 658 g/mol. The standard InChI is InChI=1S/C43H34N2O5/c1-47-28-48-24-25-49-50-27-29-22-23-34-35(26-29)45-42(44-34)40-38(32-18-10-4-11-19-32)36(30-14-6-2-7-15-30)37(31-16-8-3-9-17-31)39(41(40)43(45)46)33-20-12-5-13-21-33/h2-23,26H,24-25,27-28H2,1H3. The molecule has 0 aliphatic carbocycles. The van der Waals surface area contributed by atoms with E-state index >= 15 is 4.79 Å². The maximum Gasteiger partial charge on any atom is 0.265 e. The molecule has 0 fully saturated rings. The maximum absolute atomic E-state index is 15.1. The van der Waals surface area contributed by atoms with E-state index in [2.05, 4.69) is 72.8 Å². The molecule has 1 aromatic heterocycles. The molecule has 7 heteroatoms. The molecule has 0 bridgehead atoms. The SMILES string of the molecule is COCOCCOOCc1ccc2nc3n(c2c1)C(=O)c1c(-c2ccccc2)c(-c2ccccc2)c(-c2ccccc2)c(-c2ccccc2)c1-3. The summed E-state index contributed by atoms with van der Waals surface area (Å²) in [4.78, 5) is 31.1. The summed E-state index contributed by atoms with van der Waals surface area (Å²) in [7, 11) is 1.57. The lowest BCUT2D eigenvalue weighted by atomic mass is 9.77. The van der Waals surface area contributed by atoms with Crippen LogP contribution in [0.5, 0.6) is 0 Å². The number of nitrogens with zero attached hydrogens (tertiary/aromatic N) is 2. The second-order valence-corrected chi connectivity index (χ2v) is 12.0. The highest BCUT2D eigenvalue weighted by atomic mass is 17.2. The Bertz CT molecular complexity index is 2290. The number of rotatable bonds is 12. The Balaban J connectivity index is 1.39. The van der Waals surface area contributed by atoms with E-state index in [4.69, 9.17) is 24.2 Å². The van der Waals surface area contributed by atoms with Gasteiger partial charge in [0, 0.05) is 23.8 Å². The number of imidazole rings is 1. The summed E-state index contributed by atoms with van der Waals surface area (Å²) >= 11 is 0. The smallest absolute Gasteiger partial charge is 0.265 e. The molecule has 8 rings (SSSR count). The highest BCUT2D eigenvalue weighted by Crippen LogP contribution is 2.55. The van der Waals surface area contributed by atoms with Crippen molar-refractivity contribution in [3.8, 4) is 55.9 Å². The summed E-state index contributed by atoms with van der Waals surface area (Å²) in [6.45, 7) is 1.00. The molecule has 1 aliphatic heterocycles. The predicted octanol–water partition coefficient (Wildman–Crippen LogP) is 9.44. The number of hydrogen-bond donors (Lipinski definition) is 0. The Morgan fingerprint density at radius 1 is 0.560 bits per heavy atom. The Hall–Kier alpha value is -5.70. The average Bonchev–Trinajstić information content (AvgIpc) is 3.69. The lowest BCUT2D eigenvalue weighted by Gasteiger charge is -2.24. The van der Waals surface area contributed by atoms with Crippen molar-refractivity contribution in [1.29, 1.82) is 0 Å². The van der Waals surface area contributed by atoms with Crippen molar-refractivity contribution in [3.63, 3.8) is 0 Å². The van der Waals surface area contributed by atoms with Crippen molar-refractivity contribution < 1.29 is 24.0 Å². The molecular formula is C43H34N2O5. The van der Waals surface area contributed by atoms with Gasteiger partial charge in [-0.15, -0.1) is 0 Å². The summed E-state index contributed by atoms with van der Waals surface area (Å²) in [6.07, 6.45) is 0. The Kier molecular flexibility index (Phi) is 8.86. The second-order valence-electron chi connectivity index (χ2n) is 12.0. The predicted molar refractivity (Wildman–Crippen MR) is 195 cm³/mol. The molecule has 50 heavy (non-hydrogen) atoms. The summed E-state index contributed by atoms with van der Waals surface area (Å²) in [5.41, 5.74) is 11.7. The molecule has 0 radical (unpaired) electrons. The molecule has 2 heterocycles. The summed E-state index contributed by atoms with van der Waals surface area (Å²) in [5.74, 6) is 0.507. The fraction of sp³-hybridized carbons (Fsp3) is 0.116. The molecule has 0 saturated heterocycles. The highest BCUT2D eigenvalue weighted by molar-refractivity contribution is 6.24. The van der Waals surface area contributed by atoms with E-state index in [1.54, 1.807) is 11.7 Å². The van der Waals surface area contributed by atoms with Gasteiger partial charge in [0.15, 0.2) is 0 Å². The van der Waals surface area contributed by atoms with Crippen LogP contribution < -0.4 is 0 Å². The van der Waals surface area contributed by atoms with E-state index in [0.29, 0.717) is 23.5 Å². The first-order valence-corrected chi connectivity index (χ1v) is 16.6. The van der Waals surface area contributed by atoms with E-state index in [1.807, 2.05) is 66.7 Å². The quantitative estimate of drug-likeness (QED) is 0.0564. The number of carbonyl (C=O) groups excluding carboxylic acids is 1. The molecule has 0 saturated carbocycles. The first kappa shape index (κ1) is 31.6. The van der Waals surface area contributed by atoms with Crippen LogP contribution >= 0.6 is 0 Å². The van der Waals surface area contributed by atoms with Crippen molar-refractivity contribution in [2.75, 3.05) is 27.1 Å². The first-order chi connectivity index (χ1) is 24.7. The molecule has 0 N–H and O–H groups in total. The van der Waals surface area contributed by atoms with Crippen molar-refractivity contribution in [2.24, 2.45) is 0 Å². The van der Waals surface area contributed by atoms with Crippen LogP contribution in [0.15, 0.2) is 140 Å². The van der Waals surface area contributed by atoms with E-state index < -0.39 is 0 Å². The fourth-order valence-corrected chi connectivity index (χ4v) is 6.86. The number of hydrogen-bond acceptors (Lipinski definition) is 6. The van der Waals surface area contributed by atoms with Crippen LogP contribution in [-0.2, 0) is 25.9 Å². The lowest BCUT2D eigenvalue weighted by Crippen LogP contribution is -2.09. The number of aromatic nitrogens is 2. The molecule has 1 aliphatic rings. The van der Waals surface area contributed by atoms with Gasteiger partial charge in [-0.1, -0.05) is 127 Å². The van der Waals surface area contributed by atoms with Gasteiger partial charge in [0.05, 0.1) is 23.2 Å². The average molecular weight is 659 g/mol. The minimum atomic E-state index is -0.116. The molecule has 7 nitrogen and oxygen atoms in total. The number of carbonyl (C=O) groups is 1. The zero-order valence-electron chi connectivity index (χ0n) is 27.5.